The van der Waals surface area contributed by atoms with Gasteiger partial charge in [0.25, 0.3) is 0 Å². The molecule has 1 N–H and O–H groups in total. The van der Waals surface area contributed by atoms with Crippen molar-refractivity contribution < 1.29 is 9.90 Å². The van der Waals surface area contributed by atoms with E-state index in [9.17, 15) is 9.90 Å². The topological polar surface area (TPSA) is 40.5 Å². The first kappa shape index (κ1) is 12.5. The van der Waals surface area contributed by atoms with Gasteiger partial charge in [0, 0.05) is 19.0 Å². The van der Waals surface area contributed by atoms with E-state index >= 15 is 0 Å². The number of β-amino-alcohol motifs (C(OH)–C–C–N with tert-alkyl or cyclic N) is 1. The minimum Gasteiger partial charge on any atom is -0.391 e. The summed E-state index contributed by atoms with van der Waals surface area (Å²) in [7, 11) is 0. The fourth-order valence-corrected chi connectivity index (χ4v) is 2.29. The van der Waals surface area contributed by atoms with Crippen molar-refractivity contribution >= 4 is 5.91 Å². The Hall–Kier alpha value is -0.570. The summed E-state index contributed by atoms with van der Waals surface area (Å²) >= 11 is 0. The number of rotatable bonds is 5. The van der Waals surface area contributed by atoms with E-state index in [0.717, 1.165) is 38.6 Å². The number of carbonyl (C=O) groups excluding carboxylic acids is 1. The molecule has 0 radical (unpaired) electrons. The van der Waals surface area contributed by atoms with Crippen LogP contribution >= 0.6 is 0 Å². The van der Waals surface area contributed by atoms with Crippen LogP contribution in [0.25, 0.3) is 0 Å². The molecule has 1 amide bonds. The third kappa shape index (κ3) is 3.49. The summed E-state index contributed by atoms with van der Waals surface area (Å²) < 4.78 is 0. The highest BCUT2D eigenvalue weighted by Gasteiger charge is 2.28. The number of hydrogen-bond acceptors (Lipinski definition) is 2. The third-order valence-electron chi connectivity index (χ3n) is 3.10. The average Bonchev–Trinajstić information content (AvgIpc) is 2.63. The zero-order valence-corrected chi connectivity index (χ0v) is 9.91. The second kappa shape index (κ2) is 6.11. The fraction of sp³-hybridized carbons (Fsp3) is 0.917. The molecule has 1 aliphatic heterocycles. The van der Waals surface area contributed by atoms with Crippen LogP contribution in [-0.2, 0) is 4.79 Å². The van der Waals surface area contributed by atoms with Crippen molar-refractivity contribution in [3.63, 3.8) is 0 Å². The summed E-state index contributed by atoms with van der Waals surface area (Å²) in [4.78, 5) is 13.9. The van der Waals surface area contributed by atoms with Crippen LogP contribution in [0, 0.1) is 5.92 Å². The molecular weight excluding hydrogens is 190 g/mol. The summed E-state index contributed by atoms with van der Waals surface area (Å²) in [5.74, 6) is 0.445. The Morgan fingerprint density at radius 1 is 1.40 bits per heavy atom. The molecule has 0 spiro atoms. The lowest BCUT2D eigenvalue weighted by Gasteiger charge is -2.22. The molecule has 3 heteroatoms. The van der Waals surface area contributed by atoms with Gasteiger partial charge in [-0.3, -0.25) is 4.79 Å². The molecule has 0 bridgehead atoms. The molecule has 1 fully saturated rings. The van der Waals surface area contributed by atoms with Gasteiger partial charge in [0.2, 0.25) is 5.91 Å². The van der Waals surface area contributed by atoms with Gasteiger partial charge in [0.05, 0.1) is 6.10 Å². The van der Waals surface area contributed by atoms with Crippen molar-refractivity contribution in [3.8, 4) is 0 Å². The van der Waals surface area contributed by atoms with Crippen molar-refractivity contribution in [2.45, 2.75) is 52.1 Å². The Balaban J connectivity index is 2.47. The van der Waals surface area contributed by atoms with Crippen molar-refractivity contribution in [2.24, 2.45) is 5.92 Å². The molecule has 1 unspecified atom stereocenters. The number of amides is 1. The Bertz CT molecular complexity index is 200. The molecule has 15 heavy (non-hydrogen) atoms. The van der Waals surface area contributed by atoms with Crippen LogP contribution in [0.2, 0.25) is 0 Å². The van der Waals surface area contributed by atoms with Crippen LogP contribution in [0.1, 0.15) is 46.0 Å². The molecule has 0 saturated carbocycles. The maximum absolute atomic E-state index is 12.1. The normalized spacial score (nSPS) is 21.3. The molecule has 3 nitrogen and oxygen atoms in total. The van der Waals surface area contributed by atoms with E-state index < -0.39 is 0 Å². The van der Waals surface area contributed by atoms with Crippen LogP contribution in [0.4, 0.5) is 0 Å². The molecule has 1 heterocycles. The highest BCUT2D eigenvalue weighted by molar-refractivity contribution is 5.79. The molecule has 1 aliphatic rings. The second-order valence-electron chi connectivity index (χ2n) is 4.50. The van der Waals surface area contributed by atoms with Crippen molar-refractivity contribution in [3.05, 3.63) is 0 Å². The molecule has 0 aromatic carbocycles. The Labute approximate surface area is 92.5 Å². The van der Waals surface area contributed by atoms with Gasteiger partial charge in [-0.1, -0.05) is 26.7 Å². The zero-order valence-electron chi connectivity index (χ0n) is 9.91. The van der Waals surface area contributed by atoms with E-state index in [4.69, 9.17) is 0 Å². The summed E-state index contributed by atoms with van der Waals surface area (Å²) in [6.07, 6.45) is 4.55. The van der Waals surface area contributed by atoms with Crippen LogP contribution in [-0.4, -0.2) is 35.1 Å². The zero-order chi connectivity index (χ0) is 11.3. The highest BCUT2D eigenvalue weighted by Crippen LogP contribution is 2.20. The summed E-state index contributed by atoms with van der Waals surface area (Å²) in [5, 5.41) is 9.40. The molecule has 1 atom stereocenters. The number of carbonyl (C=O) groups is 1. The van der Waals surface area contributed by atoms with Gasteiger partial charge in [0.1, 0.15) is 0 Å². The van der Waals surface area contributed by atoms with Gasteiger partial charge in [0.15, 0.2) is 0 Å². The van der Waals surface area contributed by atoms with Crippen LogP contribution in [0.5, 0.6) is 0 Å². The van der Waals surface area contributed by atoms with E-state index in [1.54, 1.807) is 0 Å². The first-order chi connectivity index (χ1) is 7.19. The number of aliphatic hydroxyl groups excluding tert-OH is 1. The van der Waals surface area contributed by atoms with Crippen LogP contribution in [0.3, 0.4) is 0 Å². The Morgan fingerprint density at radius 3 is 2.40 bits per heavy atom. The smallest absolute Gasteiger partial charge is 0.225 e. The Kier molecular flexibility index (Phi) is 5.09. The number of nitrogens with zero attached hydrogens (tertiary/aromatic N) is 1. The predicted octanol–water partition coefficient (Wildman–Crippen LogP) is 1.80. The van der Waals surface area contributed by atoms with Gasteiger partial charge in [-0.05, 0) is 19.3 Å². The number of likely N-dealkylation sites (tertiary alicyclic amines) is 1. The molecule has 1 rings (SSSR count). The molecular formula is C12H23NO2. The summed E-state index contributed by atoms with van der Waals surface area (Å²) in [6, 6.07) is 0. The molecule has 0 aliphatic carbocycles. The number of hydrogen-bond donors (Lipinski definition) is 1. The van der Waals surface area contributed by atoms with Crippen molar-refractivity contribution in [1.82, 2.24) is 4.90 Å². The maximum Gasteiger partial charge on any atom is 0.225 e. The van der Waals surface area contributed by atoms with E-state index in [1.165, 1.54) is 0 Å². The SMILES string of the molecule is CCCC(CCC)C(=O)N1CCC(O)C1. The second-order valence-corrected chi connectivity index (χ2v) is 4.50. The largest absolute Gasteiger partial charge is 0.391 e. The lowest BCUT2D eigenvalue weighted by atomic mass is 9.97. The van der Waals surface area contributed by atoms with Gasteiger partial charge in [-0.15, -0.1) is 0 Å². The van der Waals surface area contributed by atoms with E-state index in [1.807, 2.05) is 4.90 Å². The van der Waals surface area contributed by atoms with Gasteiger partial charge < -0.3 is 10.0 Å². The minimum atomic E-state index is -0.294. The van der Waals surface area contributed by atoms with Crippen LogP contribution < -0.4 is 0 Å². The maximum atomic E-state index is 12.1. The van der Waals surface area contributed by atoms with E-state index in [0.29, 0.717) is 6.54 Å². The predicted molar refractivity (Wildman–Crippen MR) is 60.5 cm³/mol. The van der Waals surface area contributed by atoms with Crippen molar-refractivity contribution in [2.75, 3.05) is 13.1 Å². The minimum absolute atomic E-state index is 0.185. The first-order valence-electron chi connectivity index (χ1n) is 6.15. The summed E-state index contributed by atoms with van der Waals surface area (Å²) in [6.45, 7) is 5.52. The molecule has 1 saturated heterocycles. The van der Waals surface area contributed by atoms with Crippen molar-refractivity contribution in [1.29, 1.82) is 0 Å². The standard InChI is InChI=1S/C12H23NO2/c1-3-5-10(6-4-2)12(15)13-8-7-11(14)9-13/h10-11,14H,3-9H2,1-2H3. The molecule has 0 aromatic heterocycles. The average molecular weight is 213 g/mol. The van der Waals surface area contributed by atoms with Crippen LogP contribution in [0.15, 0.2) is 0 Å². The highest BCUT2D eigenvalue weighted by atomic mass is 16.3. The number of aliphatic hydroxyl groups is 1. The van der Waals surface area contributed by atoms with Gasteiger partial charge in [-0.25, -0.2) is 0 Å². The third-order valence-corrected chi connectivity index (χ3v) is 3.10. The Morgan fingerprint density at radius 2 is 2.00 bits per heavy atom. The van der Waals surface area contributed by atoms with Gasteiger partial charge >= 0.3 is 0 Å². The quantitative estimate of drug-likeness (QED) is 0.756. The van der Waals surface area contributed by atoms with Gasteiger partial charge in [-0.2, -0.15) is 0 Å². The van der Waals surface area contributed by atoms with E-state index in [2.05, 4.69) is 13.8 Å². The fourth-order valence-electron chi connectivity index (χ4n) is 2.29. The first-order valence-corrected chi connectivity index (χ1v) is 6.15. The lowest BCUT2D eigenvalue weighted by Crippen LogP contribution is -2.35. The monoisotopic (exact) mass is 213 g/mol. The molecule has 88 valence electrons. The summed E-state index contributed by atoms with van der Waals surface area (Å²) in [5.41, 5.74) is 0. The van der Waals surface area contributed by atoms with E-state index in [-0.39, 0.29) is 17.9 Å². The molecule has 0 aromatic rings. The lowest BCUT2D eigenvalue weighted by molar-refractivity contribution is -0.135.